The minimum atomic E-state index is -2.13. The smallest absolute Gasteiger partial charge is 0.305 e. The predicted octanol–water partition coefficient (Wildman–Crippen LogP) is -5.25. The first-order valence-corrected chi connectivity index (χ1v) is 39.0. The van der Waals surface area contributed by atoms with E-state index in [0.717, 1.165) is 35.4 Å². The van der Waals surface area contributed by atoms with Crippen LogP contribution in [0.4, 0.5) is 0 Å². The lowest BCUT2D eigenvalue weighted by Gasteiger charge is -2.29. The third-order valence-corrected chi connectivity index (χ3v) is 20.8. The molecule has 15 amide bonds. The number of aromatic hydroxyl groups is 2. The Bertz CT molecular complexity index is 4370. The number of aliphatic carboxylic acids is 1. The molecule has 0 radical (unpaired) electrons. The molecule has 42 nitrogen and oxygen atoms in total. The van der Waals surface area contributed by atoms with Gasteiger partial charge in [-0.2, -0.15) is 0 Å². The van der Waals surface area contributed by atoms with Crippen molar-refractivity contribution in [2.24, 2.45) is 29.0 Å². The fourth-order valence-electron chi connectivity index (χ4n) is 11.9. The minimum absolute atomic E-state index is 0.0198. The molecule has 115 heavy (non-hydrogen) atoms. The van der Waals surface area contributed by atoms with Gasteiger partial charge in [0.05, 0.1) is 25.4 Å². The van der Waals surface area contributed by atoms with Crippen LogP contribution in [0.15, 0.2) is 61.3 Å². The van der Waals surface area contributed by atoms with Crippen molar-refractivity contribution >= 4 is 144 Å². The number of hydrogen-bond donors (Lipinski definition) is 25. The number of primary amides is 2. The topological polar surface area (TPSA) is 685 Å². The number of carbonyl (C=O) groups excluding carboxylic acids is 15. The standard InChI is InChI=1S/C71H100N22O20S2/c1-8-32(4)57(83-35(7)95)70(113)91-52-29-115-114-28-51(68(111)93-58(34(6)94)59(73)102)90-62(105)45(10-9-17-77-71(74)75)84-65(108)49(20-38-26-76-30-81-38)86-60(103)33(5)82-54(99)27-80-61(104)47(18-36-24-78-43-13-11-39(96)21-41(36)43)87-66(109)50(23-55(100)101)88-63(106)46(15-16-53(72)98)85-64(107)48(89-69(112)56(31(2)3)92-67(52)110)19-37-25-79-44-14-12-40(97)22-42(37)44/h11-14,21-22,24-26,30-34,45-52,56-58,78-79,94,96-97H,8-10,15-20,23,27-29H2,1-7H3,(H2,72,98)(H2,73,102)(H,76,81)(H,80,104)(H,82,99)(H,83,95)(H,84,108)(H,85,107)(H,86,103)(H,87,109)(H,88,106)(H,89,112)(H,90,105)(H,91,113)(H,92,110)(H,93,111)(H,100,101)(H4,74,75,77)/t32-,33-,34+,45-,46-,47-,48-,49-,50-,51-,52-,56-,57-,58-/m0/s1. The number of carboxylic acids is 1. The summed E-state index contributed by atoms with van der Waals surface area (Å²) in [6.07, 6.45) is 0.0520. The average Bonchev–Trinajstić information content (AvgIpc) is 1.69. The van der Waals surface area contributed by atoms with E-state index in [1.165, 1.54) is 82.1 Å². The summed E-state index contributed by atoms with van der Waals surface area (Å²) in [5.74, 6) is -21.1. The van der Waals surface area contributed by atoms with E-state index < -0.39 is 241 Å². The van der Waals surface area contributed by atoms with Crippen LogP contribution in [0.25, 0.3) is 21.8 Å². The van der Waals surface area contributed by atoms with Crippen LogP contribution >= 0.6 is 21.6 Å². The Kier molecular flexibility index (Phi) is 34.8. The van der Waals surface area contributed by atoms with E-state index in [2.05, 4.69) is 94.4 Å². The van der Waals surface area contributed by atoms with Gasteiger partial charge in [0, 0.05) is 96.7 Å². The first kappa shape index (κ1) is 91.7. The molecule has 0 bridgehead atoms. The number of benzene rings is 2. The second-order valence-corrected chi connectivity index (χ2v) is 30.4. The molecule has 6 rings (SSSR count). The highest BCUT2D eigenvalue weighted by Gasteiger charge is 2.39. The minimum Gasteiger partial charge on any atom is -0.508 e. The number of fused-ring (bicyclic) bond motifs is 2. The van der Waals surface area contributed by atoms with Gasteiger partial charge in [0.25, 0.3) is 0 Å². The number of nitrogens with zero attached hydrogens (tertiary/aromatic N) is 1. The summed E-state index contributed by atoms with van der Waals surface area (Å²) in [5.41, 5.74) is 18.3. The molecule has 14 atom stereocenters. The summed E-state index contributed by atoms with van der Waals surface area (Å²) in [4.78, 5) is 238. The van der Waals surface area contributed by atoms with Crippen molar-refractivity contribution < 1.29 is 97.1 Å². The van der Waals surface area contributed by atoms with E-state index in [4.69, 9.17) is 22.6 Å². The first-order valence-electron chi connectivity index (χ1n) is 36.6. The third-order valence-electron chi connectivity index (χ3n) is 18.4. The number of H-pyrrole nitrogens is 3. The highest BCUT2D eigenvalue weighted by Crippen LogP contribution is 2.28. The molecule has 28 N–H and O–H groups in total. The van der Waals surface area contributed by atoms with Gasteiger partial charge in [-0.05, 0) is 92.5 Å². The van der Waals surface area contributed by atoms with E-state index >= 15 is 14.4 Å². The van der Waals surface area contributed by atoms with Crippen molar-refractivity contribution in [3.05, 3.63) is 78.1 Å². The zero-order valence-corrected chi connectivity index (χ0v) is 65.6. The lowest BCUT2D eigenvalue weighted by molar-refractivity contribution is -0.141. The van der Waals surface area contributed by atoms with Crippen molar-refractivity contribution in [2.75, 3.05) is 24.6 Å². The molecule has 1 fully saturated rings. The number of phenols is 2. The van der Waals surface area contributed by atoms with Gasteiger partial charge in [-0.1, -0.05) is 55.7 Å². The van der Waals surface area contributed by atoms with E-state index in [1.807, 2.05) is 0 Å². The number of carbonyl (C=O) groups is 16. The summed E-state index contributed by atoms with van der Waals surface area (Å²) in [6.45, 7) is 8.88. The quantitative estimate of drug-likeness (QED) is 0.0112. The van der Waals surface area contributed by atoms with Gasteiger partial charge in [0.1, 0.15) is 84.0 Å². The number of imidazole rings is 1. The van der Waals surface area contributed by atoms with E-state index in [1.54, 1.807) is 13.8 Å². The molecule has 0 spiro atoms. The first-order chi connectivity index (χ1) is 54.3. The Morgan fingerprint density at radius 1 is 0.626 bits per heavy atom. The van der Waals surface area contributed by atoms with Crippen LogP contribution in [-0.2, 0) is 96.0 Å². The second-order valence-electron chi connectivity index (χ2n) is 27.9. The molecule has 626 valence electrons. The van der Waals surface area contributed by atoms with Crippen LogP contribution in [-0.4, -0.2) is 244 Å². The number of aliphatic hydroxyl groups excluding tert-OH is 1. The number of amides is 15. The molecule has 0 unspecified atom stereocenters. The predicted molar refractivity (Wildman–Crippen MR) is 417 cm³/mol. The number of nitrogens with two attached hydrogens (primary N) is 3. The van der Waals surface area contributed by atoms with E-state index in [-0.39, 0.29) is 54.1 Å². The van der Waals surface area contributed by atoms with Crippen molar-refractivity contribution in [3.63, 3.8) is 0 Å². The molecule has 3 aromatic heterocycles. The van der Waals surface area contributed by atoms with Gasteiger partial charge < -0.3 is 127 Å². The Morgan fingerprint density at radius 2 is 1.16 bits per heavy atom. The summed E-state index contributed by atoms with van der Waals surface area (Å²) in [6, 6.07) is -12.1. The van der Waals surface area contributed by atoms with E-state index in [0.29, 0.717) is 28.2 Å². The molecular formula is C71H100N22O20S2. The third kappa shape index (κ3) is 28.4. The Labute approximate surface area is 666 Å². The summed E-state index contributed by atoms with van der Waals surface area (Å²) in [7, 11) is 1.60. The molecule has 5 aromatic rings. The highest BCUT2D eigenvalue weighted by molar-refractivity contribution is 8.76. The zero-order chi connectivity index (χ0) is 85.1. The molecule has 2 aromatic carbocycles. The zero-order valence-electron chi connectivity index (χ0n) is 63.9. The fourth-order valence-corrected chi connectivity index (χ4v) is 14.2. The molecular weight excluding hydrogens is 1550 g/mol. The number of aromatic amines is 3. The van der Waals surface area contributed by atoms with Crippen molar-refractivity contribution in [3.8, 4) is 11.5 Å². The number of phenolic OH excluding ortho intramolecular Hbond substituents is 2. The van der Waals surface area contributed by atoms with Gasteiger partial charge in [-0.3, -0.25) is 82.1 Å². The maximum atomic E-state index is 15.1. The monoisotopic (exact) mass is 1640 g/mol. The summed E-state index contributed by atoms with van der Waals surface area (Å²) >= 11 is 0. The number of aromatic nitrogens is 4. The summed E-state index contributed by atoms with van der Waals surface area (Å²) in [5, 5.41) is 85.1. The number of nitrogens with one attached hydrogen (secondary N) is 18. The molecule has 4 heterocycles. The molecule has 0 saturated carbocycles. The number of aliphatic hydroxyl groups is 1. The lowest BCUT2D eigenvalue weighted by Crippen LogP contribution is -2.61. The Morgan fingerprint density at radius 3 is 1.70 bits per heavy atom. The molecule has 1 saturated heterocycles. The van der Waals surface area contributed by atoms with Crippen molar-refractivity contribution in [2.45, 2.75) is 185 Å². The van der Waals surface area contributed by atoms with Gasteiger partial charge >= 0.3 is 5.97 Å². The number of hydrogen-bond acceptors (Lipinski definition) is 23. The molecule has 1 aliphatic rings. The normalized spacial score (nSPS) is 22.5. The fraction of sp³-hybridized carbons (Fsp3) is 0.493. The van der Waals surface area contributed by atoms with Gasteiger partial charge in [0.2, 0.25) is 88.6 Å². The number of rotatable bonds is 25. The van der Waals surface area contributed by atoms with Crippen LogP contribution in [0.5, 0.6) is 11.5 Å². The van der Waals surface area contributed by atoms with E-state index in [9.17, 15) is 82.8 Å². The lowest BCUT2D eigenvalue weighted by atomic mass is 9.97. The molecule has 1 aliphatic heterocycles. The SMILES string of the molecule is CC[C@H](C)[C@H](NC(C)=O)C(=O)N[C@H]1CSSC[C@@H](C(=O)N[C@H](C(N)=O)[C@@H](C)O)NC(=O)[C@H](CCCNC(=N)N)NC(=O)[C@H](Cc2cnc[nH]2)NC(=O)[C@H](C)NC(=O)CNC(=O)[C@H](Cc2c[nH]c3ccc(O)cc23)NC(=O)[C@H](CC(=O)O)NC(=O)[C@H](CCC(N)=O)NC(=O)[C@H](Cc2c[nH]c3ccc(O)cc23)NC(=O)[C@H](C(C)C)NC1=O. The van der Waals surface area contributed by atoms with Crippen molar-refractivity contribution in [1.82, 2.24) is 94.4 Å². The Balaban J connectivity index is 1.49. The van der Waals surface area contributed by atoms with Gasteiger partial charge in [-0.15, -0.1) is 0 Å². The maximum absolute atomic E-state index is 15.1. The molecule has 44 heteroatoms. The summed E-state index contributed by atoms with van der Waals surface area (Å²) < 4.78 is 0. The Hall–Kier alpha value is -12.2. The second kappa shape index (κ2) is 43.7. The van der Waals surface area contributed by atoms with Crippen LogP contribution in [0.2, 0.25) is 0 Å². The van der Waals surface area contributed by atoms with Gasteiger partial charge in [-0.25, -0.2) is 4.98 Å². The van der Waals surface area contributed by atoms with Crippen LogP contribution in [0.1, 0.15) is 104 Å². The number of carboxylic acid groups (broad SMARTS) is 1. The van der Waals surface area contributed by atoms with Crippen LogP contribution in [0, 0.1) is 17.2 Å². The molecule has 0 aliphatic carbocycles. The maximum Gasteiger partial charge on any atom is 0.305 e. The van der Waals surface area contributed by atoms with Crippen molar-refractivity contribution in [1.29, 1.82) is 5.41 Å². The number of guanidine groups is 1. The largest absolute Gasteiger partial charge is 0.508 e. The van der Waals surface area contributed by atoms with Crippen LogP contribution < -0.4 is 91.6 Å². The van der Waals surface area contributed by atoms with Crippen LogP contribution in [0.3, 0.4) is 0 Å². The van der Waals surface area contributed by atoms with Gasteiger partial charge in [0.15, 0.2) is 5.96 Å². The average molecular weight is 1650 g/mol. The highest BCUT2D eigenvalue weighted by atomic mass is 33.1.